The molecule has 0 saturated carbocycles. The molecule has 0 spiro atoms. The number of carbonyl (C=O) groups excluding carboxylic acids is 2. The molecule has 7 heteroatoms. The second-order valence-corrected chi connectivity index (χ2v) is 5.63. The van der Waals surface area contributed by atoms with Crippen molar-refractivity contribution in [2.75, 3.05) is 12.8 Å². The number of benzene rings is 1. The number of hydrogen-bond acceptors (Lipinski definition) is 5. The van der Waals surface area contributed by atoms with Gasteiger partial charge >= 0.3 is 0 Å². The summed E-state index contributed by atoms with van der Waals surface area (Å²) in [7, 11) is 1.39. The minimum Gasteiger partial charge on any atom is -0.277 e. The van der Waals surface area contributed by atoms with Crippen molar-refractivity contribution in [1.82, 2.24) is 4.90 Å². The first-order chi connectivity index (χ1) is 9.47. The molecule has 1 aliphatic heterocycles. The fraction of sp³-hybridized carbons (Fsp3) is 0.385. The van der Waals surface area contributed by atoms with Crippen molar-refractivity contribution in [1.29, 1.82) is 0 Å². The van der Waals surface area contributed by atoms with Crippen LogP contribution in [-0.4, -0.2) is 34.4 Å². The first-order valence-electron chi connectivity index (χ1n) is 6.25. The van der Waals surface area contributed by atoms with Gasteiger partial charge in [-0.25, -0.2) is 0 Å². The highest BCUT2D eigenvalue weighted by Crippen LogP contribution is 2.35. The van der Waals surface area contributed by atoms with Crippen molar-refractivity contribution in [2.45, 2.75) is 24.7 Å². The number of amides is 2. The molecule has 1 aliphatic rings. The lowest BCUT2D eigenvalue weighted by Gasteiger charge is -2.06. The number of fused-ring (bicyclic) bond motifs is 1. The van der Waals surface area contributed by atoms with Gasteiger partial charge in [-0.05, 0) is 12.2 Å². The van der Waals surface area contributed by atoms with Crippen molar-refractivity contribution in [2.24, 2.45) is 0 Å². The molecule has 0 radical (unpaired) electrons. The van der Waals surface area contributed by atoms with E-state index in [2.05, 4.69) is 0 Å². The lowest BCUT2D eigenvalue weighted by molar-refractivity contribution is -0.385. The van der Waals surface area contributed by atoms with Crippen molar-refractivity contribution in [3.8, 4) is 0 Å². The van der Waals surface area contributed by atoms with Crippen LogP contribution < -0.4 is 0 Å². The minimum atomic E-state index is -0.541. The largest absolute Gasteiger partial charge is 0.277 e. The van der Waals surface area contributed by atoms with E-state index in [9.17, 15) is 19.7 Å². The average Bonchev–Trinajstić information content (AvgIpc) is 2.64. The number of non-ortho nitro benzene ring substituents is 1. The van der Waals surface area contributed by atoms with Gasteiger partial charge in [-0.15, -0.1) is 11.8 Å². The van der Waals surface area contributed by atoms with E-state index >= 15 is 0 Å². The third-order valence-corrected chi connectivity index (χ3v) is 4.23. The zero-order valence-corrected chi connectivity index (χ0v) is 12.0. The molecule has 0 N–H and O–H groups in total. The van der Waals surface area contributed by atoms with Crippen LogP contribution in [0, 0.1) is 10.1 Å². The Morgan fingerprint density at radius 3 is 2.60 bits per heavy atom. The Bertz CT molecular complexity index is 600. The van der Waals surface area contributed by atoms with Gasteiger partial charge in [0.15, 0.2) is 0 Å². The Morgan fingerprint density at radius 2 is 2.00 bits per heavy atom. The molecular formula is C13H14N2O4S. The third-order valence-electron chi connectivity index (χ3n) is 3.11. The predicted molar refractivity (Wildman–Crippen MR) is 75.2 cm³/mol. The molecule has 1 aromatic rings. The van der Waals surface area contributed by atoms with Crippen molar-refractivity contribution in [3.63, 3.8) is 0 Å². The molecule has 1 heterocycles. The number of rotatable bonds is 5. The van der Waals surface area contributed by atoms with Gasteiger partial charge in [0.05, 0.1) is 16.1 Å². The number of hydrogen-bond donors (Lipinski definition) is 0. The quantitative estimate of drug-likeness (QED) is 0.274. The minimum absolute atomic E-state index is 0.130. The summed E-state index contributed by atoms with van der Waals surface area (Å²) in [6, 6.07) is 2.56. The molecule has 2 rings (SSSR count). The van der Waals surface area contributed by atoms with Crippen LogP contribution in [0.1, 0.15) is 40.5 Å². The summed E-state index contributed by atoms with van der Waals surface area (Å²) in [6.45, 7) is 2.04. The molecule has 0 atom stereocenters. The first kappa shape index (κ1) is 14.5. The Hall–Kier alpha value is -1.89. The molecule has 6 nitrogen and oxygen atoms in total. The summed E-state index contributed by atoms with van der Waals surface area (Å²) in [5, 5.41) is 10.9. The average molecular weight is 294 g/mol. The fourth-order valence-electron chi connectivity index (χ4n) is 1.98. The SMILES string of the molecule is CCCCSc1cc([N+](=O)[O-])cc2c1C(=O)N(C)C2=O. The normalized spacial score (nSPS) is 13.8. The highest BCUT2D eigenvalue weighted by atomic mass is 32.2. The van der Waals surface area contributed by atoms with E-state index in [-0.39, 0.29) is 17.2 Å². The summed E-state index contributed by atoms with van der Waals surface area (Å²) in [6.07, 6.45) is 1.94. The van der Waals surface area contributed by atoms with Crippen LogP contribution >= 0.6 is 11.8 Å². The monoisotopic (exact) mass is 294 g/mol. The van der Waals surface area contributed by atoms with Crippen LogP contribution in [0.25, 0.3) is 0 Å². The van der Waals surface area contributed by atoms with Gasteiger partial charge < -0.3 is 0 Å². The van der Waals surface area contributed by atoms with E-state index in [0.717, 1.165) is 23.5 Å². The van der Waals surface area contributed by atoms with Gasteiger partial charge in [0.2, 0.25) is 0 Å². The maximum Gasteiger partial charge on any atom is 0.271 e. The van der Waals surface area contributed by atoms with Crippen molar-refractivity contribution in [3.05, 3.63) is 33.4 Å². The molecule has 0 fully saturated rings. The smallest absolute Gasteiger partial charge is 0.271 e. The molecule has 0 bridgehead atoms. The molecule has 1 aromatic carbocycles. The summed E-state index contributed by atoms with van der Waals surface area (Å²) < 4.78 is 0. The number of unbranched alkanes of at least 4 members (excludes halogenated alkanes) is 1. The summed E-state index contributed by atoms with van der Waals surface area (Å²) in [5.74, 6) is -0.111. The molecular weight excluding hydrogens is 280 g/mol. The van der Waals surface area contributed by atoms with Crippen LogP contribution in [0.15, 0.2) is 17.0 Å². The Morgan fingerprint density at radius 1 is 1.30 bits per heavy atom. The zero-order valence-electron chi connectivity index (χ0n) is 11.2. The third kappa shape index (κ3) is 2.40. The van der Waals surface area contributed by atoms with Gasteiger partial charge in [0.1, 0.15) is 0 Å². The van der Waals surface area contributed by atoms with E-state index in [1.807, 2.05) is 6.92 Å². The highest BCUT2D eigenvalue weighted by molar-refractivity contribution is 7.99. The summed E-state index contributed by atoms with van der Waals surface area (Å²) in [4.78, 5) is 35.9. The Labute approximate surface area is 120 Å². The second-order valence-electron chi connectivity index (χ2n) is 4.49. The highest BCUT2D eigenvalue weighted by Gasteiger charge is 2.37. The zero-order chi connectivity index (χ0) is 14.9. The summed E-state index contributed by atoms with van der Waals surface area (Å²) >= 11 is 1.39. The van der Waals surface area contributed by atoms with E-state index in [4.69, 9.17) is 0 Å². The Balaban J connectivity index is 2.50. The molecule has 0 aliphatic carbocycles. The van der Waals surface area contributed by atoms with E-state index in [1.54, 1.807) is 0 Å². The number of nitro groups is 1. The first-order valence-corrected chi connectivity index (χ1v) is 7.23. The lowest BCUT2D eigenvalue weighted by Crippen LogP contribution is -2.24. The molecule has 0 saturated heterocycles. The standard InChI is InChI=1S/C13H14N2O4S/c1-3-4-5-20-10-7-8(15(18)19)6-9-11(10)13(17)14(2)12(9)16/h6-7H,3-5H2,1-2H3. The van der Waals surface area contributed by atoms with Crippen LogP contribution in [0.3, 0.4) is 0 Å². The van der Waals surface area contributed by atoms with Crippen molar-refractivity contribution >= 4 is 29.3 Å². The molecule has 2 amide bonds. The van der Waals surface area contributed by atoms with Gasteiger partial charge in [-0.2, -0.15) is 0 Å². The molecule has 0 unspecified atom stereocenters. The van der Waals surface area contributed by atoms with E-state index in [1.165, 1.54) is 30.9 Å². The maximum absolute atomic E-state index is 12.1. The van der Waals surface area contributed by atoms with Crippen molar-refractivity contribution < 1.29 is 14.5 Å². The second kappa shape index (κ2) is 5.62. The van der Waals surface area contributed by atoms with Crippen LogP contribution in [0.5, 0.6) is 0 Å². The Kier molecular flexibility index (Phi) is 4.08. The van der Waals surface area contributed by atoms with E-state index < -0.39 is 10.8 Å². The van der Waals surface area contributed by atoms with Gasteiger partial charge in [0.25, 0.3) is 17.5 Å². The van der Waals surface area contributed by atoms with Crippen LogP contribution in [-0.2, 0) is 0 Å². The fourth-order valence-corrected chi connectivity index (χ4v) is 3.18. The van der Waals surface area contributed by atoms with Gasteiger partial charge in [0, 0.05) is 24.1 Å². The number of carbonyl (C=O) groups is 2. The number of thioether (sulfide) groups is 1. The van der Waals surface area contributed by atoms with Gasteiger partial charge in [-0.3, -0.25) is 24.6 Å². The topological polar surface area (TPSA) is 80.5 Å². The van der Waals surface area contributed by atoms with E-state index in [0.29, 0.717) is 10.5 Å². The van der Waals surface area contributed by atoms with Crippen LogP contribution in [0.4, 0.5) is 5.69 Å². The maximum atomic E-state index is 12.1. The molecule has 20 heavy (non-hydrogen) atoms. The van der Waals surface area contributed by atoms with Crippen LogP contribution in [0.2, 0.25) is 0 Å². The summed E-state index contributed by atoms with van der Waals surface area (Å²) in [5.41, 5.74) is 0.272. The molecule has 106 valence electrons. The number of nitrogens with zero attached hydrogens (tertiary/aromatic N) is 2. The number of nitro benzene ring substituents is 1. The molecule has 0 aromatic heterocycles. The number of imide groups is 1. The lowest BCUT2D eigenvalue weighted by atomic mass is 10.1. The predicted octanol–water partition coefficient (Wildman–Crippen LogP) is 2.71. The van der Waals surface area contributed by atoms with Gasteiger partial charge in [-0.1, -0.05) is 13.3 Å².